The average Bonchev–Trinajstić information content (AvgIpc) is 2.14. The van der Waals surface area contributed by atoms with Crippen molar-refractivity contribution in [2.45, 2.75) is 25.0 Å². The van der Waals surface area contributed by atoms with Crippen molar-refractivity contribution in [2.24, 2.45) is 0 Å². The Morgan fingerprint density at radius 1 is 1.88 bits per heavy atom. The second kappa shape index (κ2) is 2.30. The lowest BCUT2D eigenvalue weighted by atomic mass is 10.3. The quantitative estimate of drug-likeness (QED) is 0.352. The third-order valence-corrected chi connectivity index (χ3v) is 2.33. The van der Waals surface area contributed by atoms with Crippen LogP contribution in [0, 0.1) is 0 Å². The molecule has 0 bridgehead atoms. The van der Waals surface area contributed by atoms with Crippen LogP contribution in [0.3, 0.4) is 0 Å². The summed E-state index contributed by atoms with van der Waals surface area (Å²) in [6.45, 7) is 0. The Balaban J connectivity index is 2.32. The Morgan fingerprint density at radius 2 is 2.62 bits per heavy atom. The number of esters is 1. The fourth-order valence-electron chi connectivity index (χ4n) is 0.870. The molecule has 1 saturated heterocycles. The van der Waals surface area contributed by atoms with E-state index in [-0.39, 0.29) is 12.1 Å². The minimum atomic E-state index is -0.00847. The number of ether oxygens (including phenoxy) is 1. The van der Waals surface area contributed by atoms with Crippen molar-refractivity contribution in [3.63, 3.8) is 0 Å². The summed E-state index contributed by atoms with van der Waals surface area (Å²) in [6, 6.07) is 1.10. The number of hydrogen-bond acceptors (Lipinski definition) is 2. The molecule has 1 aliphatic rings. The molecule has 0 aromatic rings. The number of cyclic esters (lactones) is 1. The molecule has 0 saturated carbocycles. The number of hydrogen-bond donors (Lipinski definition) is 0. The second-order valence-electron chi connectivity index (χ2n) is 2.06. The van der Waals surface area contributed by atoms with Gasteiger partial charge in [0.05, 0.1) is 6.10 Å². The molecule has 0 N–H and O–H groups in total. The Labute approximate surface area is 51.6 Å². The summed E-state index contributed by atoms with van der Waals surface area (Å²) >= 11 is 0. The summed E-state index contributed by atoms with van der Waals surface area (Å²) in [4.78, 5) is 10.4. The van der Waals surface area contributed by atoms with Crippen LogP contribution in [0.4, 0.5) is 0 Å². The summed E-state index contributed by atoms with van der Waals surface area (Å²) in [5.74, 6) is -0.00847. The van der Waals surface area contributed by atoms with Gasteiger partial charge in [-0.1, -0.05) is 0 Å². The van der Waals surface area contributed by atoms with Crippen LogP contribution in [0.15, 0.2) is 0 Å². The number of rotatable bonds is 1. The van der Waals surface area contributed by atoms with Crippen molar-refractivity contribution in [1.29, 1.82) is 0 Å². The van der Waals surface area contributed by atoms with Crippen LogP contribution in [0.25, 0.3) is 0 Å². The molecule has 2 nitrogen and oxygen atoms in total. The van der Waals surface area contributed by atoms with Crippen molar-refractivity contribution in [3.05, 3.63) is 0 Å². The van der Waals surface area contributed by atoms with E-state index in [2.05, 4.69) is 0 Å². The van der Waals surface area contributed by atoms with Crippen LogP contribution >= 0.6 is 0 Å². The van der Waals surface area contributed by atoms with Gasteiger partial charge in [-0.3, -0.25) is 4.79 Å². The molecule has 0 amide bonds. The molecule has 1 rings (SSSR count). The predicted octanol–water partition coefficient (Wildman–Crippen LogP) is -0.524. The first-order valence-corrected chi connectivity index (χ1v) is 4.44. The van der Waals surface area contributed by atoms with Crippen molar-refractivity contribution < 1.29 is 9.53 Å². The highest BCUT2D eigenvalue weighted by Crippen LogP contribution is 2.15. The SMILES string of the molecule is O=C1CCC(C[SiH3])O1. The lowest BCUT2D eigenvalue weighted by molar-refractivity contribution is -0.140. The van der Waals surface area contributed by atoms with Crippen molar-refractivity contribution in [1.82, 2.24) is 0 Å². The molecule has 1 atom stereocenters. The third kappa shape index (κ3) is 1.09. The summed E-state index contributed by atoms with van der Waals surface area (Å²) in [7, 11) is 1.15. The first-order valence-electron chi connectivity index (χ1n) is 3.02. The van der Waals surface area contributed by atoms with Gasteiger partial charge in [0.25, 0.3) is 0 Å². The molecule has 3 heteroatoms. The molecule has 1 heterocycles. The van der Waals surface area contributed by atoms with Gasteiger partial charge in [0.1, 0.15) is 0 Å². The molecule has 1 unspecified atom stereocenters. The zero-order valence-corrected chi connectivity index (χ0v) is 7.02. The molecule has 46 valence electrons. The van der Waals surface area contributed by atoms with Crippen LogP contribution in [-0.4, -0.2) is 22.3 Å². The molecular weight excluding hydrogens is 120 g/mol. The molecule has 0 spiro atoms. The van der Waals surface area contributed by atoms with Gasteiger partial charge in [-0.15, -0.1) is 0 Å². The van der Waals surface area contributed by atoms with Crippen molar-refractivity contribution in [2.75, 3.05) is 0 Å². The standard InChI is InChI=1S/C5H10O2Si/c6-5-2-1-4(3-8)7-5/h4H,1-3H2,8H3. The highest BCUT2D eigenvalue weighted by atomic mass is 28.1. The maximum absolute atomic E-state index is 10.4. The van der Waals surface area contributed by atoms with Crippen LogP contribution in [-0.2, 0) is 9.53 Å². The van der Waals surface area contributed by atoms with E-state index < -0.39 is 0 Å². The van der Waals surface area contributed by atoms with Crippen LogP contribution in [0.1, 0.15) is 12.8 Å². The van der Waals surface area contributed by atoms with Gasteiger partial charge in [0, 0.05) is 16.7 Å². The van der Waals surface area contributed by atoms with E-state index in [1.54, 1.807) is 0 Å². The minimum Gasteiger partial charge on any atom is -0.463 e. The number of carbonyl (C=O) groups is 1. The summed E-state index contributed by atoms with van der Waals surface area (Å²) in [5.41, 5.74) is 0. The molecule has 1 aliphatic heterocycles. The molecule has 0 aromatic heterocycles. The molecule has 0 radical (unpaired) electrons. The molecule has 0 aromatic carbocycles. The lowest BCUT2D eigenvalue weighted by Gasteiger charge is -2.01. The van der Waals surface area contributed by atoms with E-state index in [1.165, 1.54) is 0 Å². The maximum Gasteiger partial charge on any atom is 0.306 e. The highest BCUT2D eigenvalue weighted by molar-refractivity contribution is 6.09. The van der Waals surface area contributed by atoms with Gasteiger partial charge in [-0.25, -0.2) is 0 Å². The van der Waals surface area contributed by atoms with E-state index in [0.29, 0.717) is 6.42 Å². The maximum atomic E-state index is 10.4. The molecular formula is C5H10O2Si. The van der Waals surface area contributed by atoms with Crippen LogP contribution in [0.2, 0.25) is 6.04 Å². The van der Waals surface area contributed by atoms with Gasteiger partial charge < -0.3 is 4.74 Å². The smallest absolute Gasteiger partial charge is 0.306 e. The van der Waals surface area contributed by atoms with E-state index in [9.17, 15) is 4.79 Å². The lowest BCUT2D eigenvalue weighted by Crippen LogP contribution is -2.04. The molecule has 8 heavy (non-hydrogen) atoms. The first kappa shape index (κ1) is 5.82. The Morgan fingerprint density at radius 3 is 2.88 bits per heavy atom. The van der Waals surface area contributed by atoms with Crippen molar-refractivity contribution >= 4 is 16.2 Å². The zero-order valence-electron chi connectivity index (χ0n) is 5.02. The largest absolute Gasteiger partial charge is 0.463 e. The monoisotopic (exact) mass is 130 g/mol. The van der Waals surface area contributed by atoms with E-state index >= 15 is 0 Å². The fraction of sp³-hybridized carbons (Fsp3) is 0.800. The average molecular weight is 130 g/mol. The van der Waals surface area contributed by atoms with Crippen molar-refractivity contribution in [3.8, 4) is 0 Å². The first-order chi connectivity index (χ1) is 3.83. The van der Waals surface area contributed by atoms with Crippen LogP contribution in [0.5, 0.6) is 0 Å². The zero-order chi connectivity index (χ0) is 5.98. The van der Waals surface area contributed by atoms with E-state index in [0.717, 1.165) is 22.7 Å². The summed E-state index contributed by atoms with van der Waals surface area (Å²) in [5, 5.41) is 0. The van der Waals surface area contributed by atoms with Gasteiger partial charge in [0.15, 0.2) is 0 Å². The topological polar surface area (TPSA) is 26.3 Å². The minimum absolute atomic E-state index is 0.00847. The van der Waals surface area contributed by atoms with E-state index in [4.69, 9.17) is 4.74 Å². The summed E-state index contributed by atoms with van der Waals surface area (Å²) in [6.07, 6.45) is 1.89. The second-order valence-corrected chi connectivity index (χ2v) is 2.88. The Kier molecular flexibility index (Phi) is 1.68. The summed E-state index contributed by atoms with van der Waals surface area (Å²) < 4.78 is 4.91. The Hall–Kier alpha value is -0.313. The van der Waals surface area contributed by atoms with Gasteiger partial charge in [-0.05, 0) is 12.5 Å². The Bertz CT molecular complexity index is 103. The van der Waals surface area contributed by atoms with Gasteiger partial charge in [0.2, 0.25) is 0 Å². The normalized spacial score (nSPS) is 28.5. The predicted molar refractivity (Wildman–Crippen MR) is 33.9 cm³/mol. The van der Waals surface area contributed by atoms with Gasteiger partial charge >= 0.3 is 5.97 Å². The fourth-order valence-corrected chi connectivity index (χ4v) is 1.44. The van der Waals surface area contributed by atoms with Crippen LogP contribution < -0.4 is 0 Å². The number of carbonyl (C=O) groups excluding carboxylic acids is 1. The molecule has 1 fully saturated rings. The highest BCUT2D eigenvalue weighted by Gasteiger charge is 2.20. The van der Waals surface area contributed by atoms with E-state index in [1.807, 2.05) is 0 Å². The third-order valence-electron chi connectivity index (χ3n) is 1.42. The molecule has 0 aliphatic carbocycles. The van der Waals surface area contributed by atoms with Gasteiger partial charge in [-0.2, -0.15) is 0 Å².